The van der Waals surface area contributed by atoms with Crippen LogP contribution in [-0.2, 0) is 20.7 Å². The summed E-state index contributed by atoms with van der Waals surface area (Å²) < 4.78 is 10.00. The van der Waals surface area contributed by atoms with Crippen LogP contribution in [0, 0.1) is 17.0 Å². The Balaban J connectivity index is 1.78. The van der Waals surface area contributed by atoms with Gasteiger partial charge in [-0.15, -0.1) is 0 Å². The Morgan fingerprint density at radius 3 is 2.86 bits per heavy atom. The molecule has 1 saturated heterocycles. The number of piperidine rings is 1. The first-order valence-electron chi connectivity index (χ1n) is 10.0. The number of esters is 1. The molecule has 0 radical (unpaired) electrons. The molecule has 28 heavy (non-hydrogen) atoms. The van der Waals surface area contributed by atoms with Crippen molar-refractivity contribution >= 4 is 16.9 Å². The number of ether oxygens (including phenoxy) is 2. The summed E-state index contributed by atoms with van der Waals surface area (Å²) in [4.78, 5) is 16.0. The third kappa shape index (κ3) is 2.91. The van der Waals surface area contributed by atoms with Crippen molar-refractivity contribution in [2.45, 2.75) is 32.2 Å². The minimum Gasteiger partial charge on any atom is -0.632 e. The summed E-state index contributed by atoms with van der Waals surface area (Å²) >= 11 is 0. The Bertz CT molecular complexity index is 918. The van der Waals surface area contributed by atoms with Crippen molar-refractivity contribution < 1.29 is 18.9 Å². The molecule has 0 unspecified atom stereocenters. The average molecular weight is 384 g/mol. The molecule has 2 aromatic rings. The average Bonchev–Trinajstić information content (AvgIpc) is 3.09. The van der Waals surface area contributed by atoms with Gasteiger partial charge in [-0.1, -0.05) is 25.1 Å². The third-order valence-electron chi connectivity index (χ3n) is 6.67. The number of hydrogen-bond donors (Lipinski definition) is 1. The van der Waals surface area contributed by atoms with Gasteiger partial charge >= 0.3 is 5.97 Å². The number of benzene rings is 1. The number of aromatic amines is 1. The molecule has 6 heteroatoms. The maximum Gasteiger partial charge on any atom is 0.337 e. The van der Waals surface area contributed by atoms with Gasteiger partial charge in [0.2, 0.25) is 0 Å². The monoisotopic (exact) mass is 384 g/mol. The second kappa shape index (κ2) is 7.26. The van der Waals surface area contributed by atoms with E-state index in [0.717, 1.165) is 24.1 Å². The van der Waals surface area contributed by atoms with Crippen LogP contribution in [-0.4, -0.2) is 42.9 Å². The van der Waals surface area contributed by atoms with E-state index < -0.39 is 0 Å². The predicted octanol–water partition coefficient (Wildman–Crippen LogP) is 3.83. The third-order valence-corrected chi connectivity index (χ3v) is 6.67. The highest BCUT2D eigenvalue weighted by molar-refractivity contribution is 5.89. The van der Waals surface area contributed by atoms with Crippen LogP contribution in [0.1, 0.15) is 37.1 Å². The Morgan fingerprint density at radius 1 is 1.36 bits per heavy atom. The number of H-pyrrole nitrogens is 1. The van der Waals surface area contributed by atoms with Gasteiger partial charge in [-0.3, -0.25) is 0 Å². The lowest BCUT2D eigenvalue weighted by molar-refractivity contribution is -0.924. The zero-order valence-electron chi connectivity index (χ0n) is 16.7. The van der Waals surface area contributed by atoms with E-state index >= 15 is 0 Å². The van der Waals surface area contributed by atoms with Crippen LogP contribution < -0.4 is 0 Å². The number of para-hydroxylation sites is 1. The predicted molar refractivity (Wildman–Crippen MR) is 107 cm³/mol. The van der Waals surface area contributed by atoms with Crippen LogP contribution in [0.5, 0.6) is 0 Å². The fourth-order valence-electron chi connectivity index (χ4n) is 5.28. The molecule has 0 saturated carbocycles. The lowest BCUT2D eigenvalue weighted by Gasteiger charge is -2.57. The summed E-state index contributed by atoms with van der Waals surface area (Å²) in [6.07, 6.45) is 3.75. The van der Waals surface area contributed by atoms with Gasteiger partial charge in [0.1, 0.15) is 6.04 Å². The van der Waals surface area contributed by atoms with E-state index in [4.69, 9.17) is 9.47 Å². The summed E-state index contributed by atoms with van der Waals surface area (Å²) in [5.74, 6) is -0.302. The van der Waals surface area contributed by atoms with Gasteiger partial charge in [0.05, 0.1) is 44.8 Å². The van der Waals surface area contributed by atoms with Gasteiger partial charge < -0.3 is 24.3 Å². The molecule has 1 aromatic carbocycles. The van der Waals surface area contributed by atoms with Gasteiger partial charge in [-0.2, -0.15) is 0 Å². The van der Waals surface area contributed by atoms with E-state index in [0.29, 0.717) is 25.1 Å². The molecule has 2 aliphatic heterocycles. The van der Waals surface area contributed by atoms with Crippen LogP contribution in [0.4, 0.5) is 0 Å². The SMILES string of the molecule is CC[C@H]1C[N@@+]2([O-])CCc3c([nH]c4ccccc34)[C@@H]2C[C@@H]1/C(=C\OC)C(=O)OC. The number of hydroxylamine groups is 3. The Morgan fingerprint density at radius 2 is 2.14 bits per heavy atom. The van der Waals surface area contributed by atoms with Crippen LogP contribution in [0.2, 0.25) is 0 Å². The Labute approximate surface area is 165 Å². The van der Waals surface area contributed by atoms with E-state index in [2.05, 4.69) is 24.0 Å². The molecule has 0 spiro atoms. The molecule has 1 N–H and O–H groups in total. The number of quaternary nitrogens is 1. The second-order valence-corrected chi connectivity index (χ2v) is 8.00. The first-order valence-corrected chi connectivity index (χ1v) is 10.0. The van der Waals surface area contributed by atoms with Gasteiger partial charge in [-0.05, 0) is 18.1 Å². The number of nitrogens with one attached hydrogen (secondary N) is 1. The van der Waals surface area contributed by atoms with Crippen molar-refractivity contribution in [3.63, 3.8) is 0 Å². The van der Waals surface area contributed by atoms with Crippen LogP contribution in [0.3, 0.4) is 0 Å². The highest BCUT2D eigenvalue weighted by Crippen LogP contribution is 2.49. The number of carbonyl (C=O) groups is 1. The fraction of sp³-hybridized carbons (Fsp3) is 0.500. The molecule has 3 heterocycles. The van der Waals surface area contributed by atoms with E-state index in [1.54, 1.807) is 0 Å². The first kappa shape index (κ1) is 19.0. The molecule has 0 bridgehead atoms. The number of methoxy groups -OCH3 is 2. The van der Waals surface area contributed by atoms with Crippen molar-refractivity contribution in [3.05, 3.63) is 52.6 Å². The van der Waals surface area contributed by atoms with Crippen molar-refractivity contribution in [3.8, 4) is 0 Å². The molecular formula is C22H28N2O4. The largest absolute Gasteiger partial charge is 0.632 e. The zero-order chi connectivity index (χ0) is 19.9. The minimum atomic E-state index is -0.371. The molecular weight excluding hydrogens is 356 g/mol. The van der Waals surface area contributed by atoms with E-state index in [1.807, 2.05) is 12.1 Å². The van der Waals surface area contributed by atoms with Crippen molar-refractivity contribution in [1.29, 1.82) is 0 Å². The molecule has 1 fully saturated rings. The first-order chi connectivity index (χ1) is 13.5. The molecule has 2 aliphatic rings. The molecule has 4 atom stereocenters. The van der Waals surface area contributed by atoms with E-state index in [1.165, 1.54) is 31.4 Å². The Kier molecular flexibility index (Phi) is 4.93. The van der Waals surface area contributed by atoms with Crippen LogP contribution >= 0.6 is 0 Å². The van der Waals surface area contributed by atoms with Crippen molar-refractivity contribution in [2.24, 2.45) is 11.8 Å². The highest BCUT2D eigenvalue weighted by atomic mass is 16.5. The molecule has 150 valence electrons. The summed E-state index contributed by atoms with van der Waals surface area (Å²) in [6, 6.07) is 8.03. The minimum absolute atomic E-state index is 0.0556. The number of nitrogens with zero attached hydrogens (tertiary/aromatic N) is 1. The number of hydrogen-bond acceptors (Lipinski definition) is 4. The zero-order valence-corrected chi connectivity index (χ0v) is 16.7. The molecule has 6 nitrogen and oxygen atoms in total. The van der Waals surface area contributed by atoms with Crippen molar-refractivity contribution in [1.82, 2.24) is 4.98 Å². The van der Waals surface area contributed by atoms with E-state index in [-0.39, 0.29) is 28.5 Å². The van der Waals surface area contributed by atoms with Gasteiger partial charge in [0.15, 0.2) is 0 Å². The standard InChI is InChI=1S/C22H28N2O4/c1-4-14-12-24(26)10-9-16-15-7-5-6-8-19(15)23-21(16)20(24)11-17(14)18(13-27-2)22(25)28-3/h5-8,13-14,17,20,23H,4,9-12H2,1-3H3/b18-13+/t14-,17-,20-,24-/m0/s1. The Hall–Kier alpha value is -2.31. The lowest BCUT2D eigenvalue weighted by Crippen LogP contribution is -2.57. The van der Waals surface area contributed by atoms with Crippen LogP contribution in [0.15, 0.2) is 36.1 Å². The molecule has 0 aliphatic carbocycles. The maximum atomic E-state index is 13.8. The van der Waals surface area contributed by atoms with Gasteiger partial charge in [0, 0.05) is 35.6 Å². The molecule has 0 amide bonds. The normalized spacial score (nSPS) is 29.9. The highest BCUT2D eigenvalue weighted by Gasteiger charge is 2.48. The molecule has 4 rings (SSSR count). The quantitative estimate of drug-likeness (QED) is 0.286. The molecule has 1 aromatic heterocycles. The van der Waals surface area contributed by atoms with Gasteiger partial charge in [-0.25, -0.2) is 4.79 Å². The number of fused-ring (bicyclic) bond motifs is 5. The smallest absolute Gasteiger partial charge is 0.337 e. The summed E-state index contributed by atoms with van der Waals surface area (Å²) in [5, 5.41) is 15.0. The number of aromatic nitrogens is 1. The van der Waals surface area contributed by atoms with E-state index in [9.17, 15) is 10.0 Å². The van der Waals surface area contributed by atoms with Gasteiger partial charge in [0.25, 0.3) is 0 Å². The second-order valence-electron chi connectivity index (χ2n) is 8.00. The summed E-state index contributed by atoms with van der Waals surface area (Å²) in [7, 11) is 2.93. The topological polar surface area (TPSA) is 74.4 Å². The van der Waals surface area contributed by atoms with Crippen LogP contribution in [0.25, 0.3) is 10.9 Å². The maximum absolute atomic E-state index is 13.8. The lowest BCUT2D eigenvalue weighted by atomic mass is 9.73. The number of carbonyl (C=O) groups excluding carboxylic acids is 1. The number of rotatable bonds is 4. The fourth-order valence-corrected chi connectivity index (χ4v) is 5.28. The summed E-state index contributed by atoms with van der Waals surface area (Å²) in [5.41, 5.74) is 3.92. The van der Waals surface area contributed by atoms with Crippen molar-refractivity contribution in [2.75, 3.05) is 27.3 Å². The summed E-state index contributed by atoms with van der Waals surface area (Å²) in [6.45, 7) is 3.19.